The van der Waals surface area contributed by atoms with Gasteiger partial charge in [-0.25, -0.2) is 0 Å². The van der Waals surface area contributed by atoms with E-state index in [2.05, 4.69) is 0 Å². The van der Waals surface area contributed by atoms with Gasteiger partial charge in [0.1, 0.15) is 12.8 Å². The average molecular weight is 403 g/mol. The van der Waals surface area contributed by atoms with Gasteiger partial charge in [-0.3, -0.25) is 14.7 Å². The Balaban J connectivity index is 2.06. The Labute approximate surface area is 162 Å². The molecule has 2 aromatic carbocycles. The molecule has 0 unspecified atom stereocenters. The number of hydrogen-bond acceptors (Lipinski definition) is 5. The highest BCUT2D eigenvalue weighted by Gasteiger charge is 2.43. The average Bonchev–Trinajstić information content (AvgIpc) is 2.79. The number of nitro benzene ring substituents is 1. The molecular weight excluding hydrogens is 384 g/mol. The molecule has 1 heterocycles. The van der Waals surface area contributed by atoms with Crippen LogP contribution in [-0.2, 0) is 15.5 Å². The minimum atomic E-state index is -4.33. The van der Waals surface area contributed by atoms with Gasteiger partial charge in [-0.15, -0.1) is 0 Å². The summed E-state index contributed by atoms with van der Waals surface area (Å²) in [6.45, 7) is 3.80. The number of phenolic OH excluding ortho intramolecular Hbond substituents is 1. The Kier molecular flexibility index (Phi) is 4.60. The summed E-state index contributed by atoms with van der Waals surface area (Å²) in [4.78, 5) is 10.2. The van der Waals surface area contributed by atoms with Crippen molar-refractivity contribution in [3.63, 3.8) is 0 Å². The van der Waals surface area contributed by atoms with E-state index in [1.54, 1.807) is 18.2 Å². The van der Waals surface area contributed by atoms with Gasteiger partial charge in [0, 0.05) is 35.4 Å². The number of benzene rings is 2. The van der Waals surface area contributed by atoms with Gasteiger partial charge in [-0.2, -0.15) is 13.0 Å². The number of hydrogen-bond donors (Lipinski definition) is 2. The molecule has 2 aromatic rings. The zero-order valence-electron chi connectivity index (χ0n) is 15.4. The highest BCUT2D eigenvalue weighted by Crippen LogP contribution is 2.40. The lowest BCUT2D eigenvalue weighted by molar-refractivity contribution is -0.401. The number of aromatic hydroxyl groups is 1. The first-order valence-corrected chi connectivity index (χ1v) is 9.75. The van der Waals surface area contributed by atoms with Gasteiger partial charge in [-0.1, -0.05) is 0 Å². The lowest BCUT2D eigenvalue weighted by atomic mass is 9.81. The third-order valence-electron chi connectivity index (χ3n) is 4.94. The highest BCUT2D eigenvalue weighted by molar-refractivity contribution is 7.85. The predicted octanol–water partition coefficient (Wildman–Crippen LogP) is 3.27. The molecule has 0 amide bonds. The lowest BCUT2D eigenvalue weighted by Gasteiger charge is -2.16. The molecule has 28 heavy (non-hydrogen) atoms. The third-order valence-corrected chi connectivity index (χ3v) is 5.79. The first-order valence-electron chi connectivity index (χ1n) is 8.31. The molecule has 1 aliphatic heterocycles. The van der Waals surface area contributed by atoms with E-state index >= 15 is 0 Å². The fraction of sp³-hybridized carbons (Fsp3) is 0.211. The van der Waals surface area contributed by atoms with Crippen LogP contribution in [0.3, 0.4) is 0 Å². The maximum atomic E-state index is 11.5. The van der Waals surface area contributed by atoms with Gasteiger partial charge in [0.15, 0.2) is 5.71 Å². The van der Waals surface area contributed by atoms with E-state index in [-0.39, 0.29) is 16.3 Å². The van der Waals surface area contributed by atoms with E-state index in [9.17, 15) is 28.2 Å². The number of phenols is 1. The van der Waals surface area contributed by atoms with Crippen molar-refractivity contribution >= 4 is 33.3 Å². The molecule has 0 spiro atoms. The fourth-order valence-electron chi connectivity index (χ4n) is 3.43. The lowest BCUT2D eigenvalue weighted by Crippen LogP contribution is -2.26. The van der Waals surface area contributed by atoms with Crippen LogP contribution in [0.25, 0.3) is 6.08 Å². The SMILES string of the molecule is C[N+]1=C(/C=C/c2cc([N+](=O)[O-])ccc2O)C(C)(C)c2cc(S(=O)(=O)O)ccc21. The number of rotatable bonds is 4. The molecule has 0 atom stereocenters. The number of allylic oxidation sites excluding steroid dienone is 1. The summed E-state index contributed by atoms with van der Waals surface area (Å²) < 4.78 is 34.2. The van der Waals surface area contributed by atoms with E-state index in [0.29, 0.717) is 11.1 Å². The Bertz CT molecular complexity index is 1160. The molecule has 0 fully saturated rings. The van der Waals surface area contributed by atoms with Gasteiger partial charge < -0.3 is 5.11 Å². The summed E-state index contributed by atoms with van der Waals surface area (Å²) in [6.07, 6.45) is 3.30. The van der Waals surface area contributed by atoms with E-state index in [0.717, 1.165) is 11.4 Å². The highest BCUT2D eigenvalue weighted by atomic mass is 32.2. The molecule has 3 rings (SSSR count). The van der Waals surface area contributed by atoms with Gasteiger partial charge in [0.05, 0.1) is 15.2 Å². The molecule has 0 saturated carbocycles. The zero-order valence-corrected chi connectivity index (χ0v) is 16.3. The van der Waals surface area contributed by atoms with Crippen molar-refractivity contribution in [1.29, 1.82) is 0 Å². The molecule has 1 aliphatic rings. The Morgan fingerprint density at radius 2 is 1.82 bits per heavy atom. The summed E-state index contributed by atoms with van der Waals surface area (Å²) >= 11 is 0. The second-order valence-electron chi connectivity index (χ2n) is 7.06. The number of nitrogens with zero attached hydrogens (tertiary/aromatic N) is 2. The van der Waals surface area contributed by atoms with E-state index in [1.165, 1.54) is 30.3 Å². The van der Waals surface area contributed by atoms with Crippen LogP contribution >= 0.6 is 0 Å². The van der Waals surface area contributed by atoms with Crippen LogP contribution in [-0.4, -0.2) is 40.3 Å². The Morgan fingerprint density at radius 1 is 1.14 bits per heavy atom. The standard InChI is InChI=1S/C19H18N2O6S/c1-19(2)15-11-14(28(25,26)27)6-7-16(15)20(3)18(19)9-4-12-10-13(21(23)24)5-8-17(12)22/h4-11H,1-3H3,(H,25,26,27)/p+1. The fourth-order valence-corrected chi connectivity index (χ4v) is 3.94. The normalized spacial score (nSPS) is 15.9. The first kappa shape index (κ1) is 19.7. The topological polar surface area (TPSA) is 121 Å². The van der Waals surface area contributed by atoms with Crippen molar-refractivity contribution < 1.29 is 27.6 Å². The van der Waals surface area contributed by atoms with Gasteiger partial charge in [0.25, 0.3) is 15.8 Å². The van der Waals surface area contributed by atoms with Crippen LogP contribution in [0, 0.1) is 10.1 Å². The minimum absolute atomic E-state index is 0.0907. The van der Waals surface area contributed by atoms with Crippen molar-refractivity contribution in [3.8, 4) is 5.75 Å². The summed E-state index contributed by atoms with van der Waals surface area (Å²) in [7, 11) is -2.51. The Hall–Kier alpha value is -3.04. The second kappa shape index (κ2) is 6.54. The van der Waals surface area contributed by atoms with Crippen molar-refractivity contribution in [2.24, 2.45) is 0 Å². The third kappa shape index (κ3) is 3.30. The van der Waals surface area contributed by atoms with Crippen molar-refractivity contribution in [3.05, 3.63) is 63.7 Å². The molecular formula is C19H19N2O6S+. The number of nitro groups is 1. The van der Waals surface area contributed by atoms with Gasteiger partial charge in [-0.05, 0) is 38.1 Å². The summed E-state index contributed by atoms with van der Waals surface area (Å²) in [5.74, 6) is -0.0907. The molecule has 8 nitrogen and oxygen atoms in total. The van der Waals surface area contributed by atoms with Gasteiger partial charge >= 0.3 is 0 Å². The van der Waals surface area contributed by atoms with Crippen LogP contribution in [0.1, 0.15) is 25.0 Å². The van der Waals surface area contributed by atoms with Crippen LogP contribution in [0.2, 0.25) is 0 Å². The maximum absolute atomic E-state index is 11.5. The van der Waals surface area contributed by atoms with E-state index in [4.69, 9.17) is 0 Å². The van der Waals surface area contributed by atoms with Crippen LogP contribution in [0.5, 0.6) is 5.75 Å². The van der Waals surface area contributed by atoms with Crippen molar-refractivity contribution in [2.75, 3.05) is 7.05 Å². The number of fused-ring (bicyclic) bond motifs is 1. The molecule has 2 N–H and O–H groups in total. The minimum Gasteiger partial charge on any atom is -0.507 e. The molecule has 0 aliphatic carbocycles. The van der Waals surface area contributed by atoms with E-state index < -0.39 is 20.5 Å². The largest absolute Gasteiger partial charge is 0.507 e. The molecule has 146 valence electrons. The Morgan fingerprint density at radius 3 is 2.43 bits per heavy atom. The molecule has 0 aromatic heterocycles. The molecule has 0 radical (unpaired) electrons. The smallest absolute Gasteiger partial charge is 0.294 e. The molecule has 9 heteroatoms. The summed E-state index contributed by atoms with van der Waals surface area (Å²) in [6, 6.07) is 8.15. The van der Waals surface area contributed by atoms with Crippen molar-refractivity contribution in [1.82, 2.24) is 0 Å². The van der Waals surface area contributed by atoms with Crippen LogP contribution in [0.15, 0.2) is 47.4 Å². The summed E-state index contributed by atoms with van der Waals surface area (Å²) in [5.41, 5.74) is 1.84. The summed E-state index contributed by atoms with van der Waals surface area (Å²) in [5, 5.41) is 21.0. The van der Waals surface area contributed by atoms with E-state index in [1.807, 2.05) is 25.5 Å². The van der Waals surface area contributed by atoms with Crippen molar-refractivity contribution in [2.45, 2.75) is 24.2 Å². The first-order chi connectivity index (χ1) is 12.9. The molecule has 0 bridgehead atoms. The van der Waals surface area contributed by atoms with Crippen LogP contribution < -0.4 is 0 Å². The maximum Gasteiger partial charge on any atom is 0.294 e. The monoisotopic (exact) mass is 403 g/mol. The van der Waals surface area contributed by atoms with Gasteiger partial charge in [0.2, 0.25) is 5.69 Å². The predicted molar refractivity (Wildman–Crippen MR) is 104 cm³/mol. The second-order valence-corrected chi connectivity index (χ2v) is 8.48. The number of non-ortho nitro benzene ring substituents is 1. The van der Waals surface area contributed by atoms with Crippen LogP contribution in [0.4, 0.5) is 11.4 Å². The quantitative estimate of drug-likeness (QED) is 0.350. The molecule has 0 saturated heterocycles. The zero-order chi connectivity index (χ0) is 20.9.